The second-order valence-corrected chi connectivity index (χ2v) is 9.13. The molecule has 5 rings (SSSR count). The van der Waals surface area contributed by atoms with Crippen LogP contribution in [0.15, 0.2) is 36.0 Å². The third-order valence-electron chi connectivity index (χ3n) is 6.44. The number of hydrogen-bond donors (Lipinski definition) is 0. The van der Waals surface area contributed by atoms with E-state index in [2.05, 4.69) is 14.9 Å². The topological polar surface area (TPSA) is 74.6 Å². The number of piperazine rings is 1. The number of amides is 2. The summed E-state index contributed by atoms with van der Waals surface area (Å²) in [6.07, 6.45) is 4.94. The van der Waals surface area contributed by atoms with E-state index in [1.165, 1.54) is 0 Å². The van der Waals surface area contributed by atoms with Gasteiger partial charge < -0.3 is 19.3 Å². The molecule has 31 heavy (non-hydrogen) atoms. The van der Waals surface area contributed by atoms with Crippen LogP contribution in [0.5, 0.6) is 0 Å². The highest BCUT2D eigenvalue weighted by atomic mass is 32.1. The van der Waals surface area contributed by atoms with E-state index < -0.39 is 0 Å². The fourth-order valence-corrected chi connectivity index (χ4v) is 5.44. The molecule has 8 nitrogen and oxygen atoms in total. The number of anilines is 1. The summed E-state index contributed by atoms with van der Waals surface area (Å²) in [5, 5.41) is 2.04. The van der Waals surface area contributed by atoms with Crippen molar-refractivity contribution in [3.8, 4) is 0 Å². The standard InChI is InChI=1S/C22H26N6O2S/c1-25-17-5-14-31-19(17)15-18(25)21(30)26-8-3-16(4-9-26)20(29)27-10-12-28(13-11-27)22-23-6-2-7-24-22/h2,5-7,14-16H,3-4,8-13H2,1H3. The van der Waals surface area contributed by atoms with Gasteiger partial charge in [0.25, 0.3) is 5.91 Å². The molecule has 0 saturated carbocycles. The highest BCUT2D eigenvalue weighted by Crippen LogP contribution is 2.27. The number of rotatable bonds is 3. The van der Waals surface area contributed by atoms with Gasteiger partial charge in [-0.15, -0.1) is 11.3 Å². The number of nitrogens with zero attached hydrogens (tertiary/aromatic N) is 6. The average Bonchev–Trinajstić information content (AvgIpc) is 3.42. The summed E-state index contributed by atoms with van der Waals surface area (Å²) in [4.78, 5) is 40.7. The van der Waals surface area contributed by atoms with Gasteiger partial charge in [-0.05, 0) is 36.4 Å². The molecule has 3 aromatic heterocycles. The van der Waals surface area contributed by atoms with Gasteiger partial charge in [0.05, 0.1) is 10.2 Å². The van der Waals surface area contributed by atoms with Gasteiger partial charge in [-0.1, -0.05) is 0 Å². The Bertz CT molecular complexity index is 1080. The Morgan fingerprint density at radius 2 is 1.71 bits per heavy atom. The Balaban J connectivity index is 1.15. The number of fused-ring (bicyclic) bond motifs is 1. The van der Waals surface area contributed by atoms with E-state index in [9.17, 15) is 9.59 Å². The Hall–Kier alpha value is -2.94. The Morgan fingerprint density at radius 1 is 1.00 bits per heavy atom. The van der Waals surface area contributed by atoms with Crippen LogP contribution in [-0.4, -0.2) is 75.4 Å². The zero-order chi connectivity index (χ0) is 21.4. The SMILES string of the molecule is Cn1c(C(=O)N2CCC(C(=O)N3CCN(c4ncccn4)CC3)CC2)cc2sccc21. The lowest BCUT2D eigenvalue weighted by atomic mass is 9.94. The van der Waals surface area contributed by atoms with Crippen LogP contribution in [0.1, 0.15) is 23.3 Å². The van der Waals surface area contributed by atoms with Crippen LogP contribution in [0.2, 0.25) is 0 Å². The second kappa shape index (κ2) is 8.30. The molecular formula is C22H26N6O2S. The first kappa shape index (κ1) is 20.0. The molecule has 2 aliphatic rings. The molecule has 9 heteroatoms. The van der Waals surface area contributed by atoms with Crippen molar-refractivity contribution in [2.75, 3.05) is 44.2 Å². The first-order valence-electron chi connectivity index (χ1n) is 10.7. The number of aromatic nitrogens is 3. The van der Waals surface area contributed by atoms with Gasteiger partial charge in [-0.25, -0.2) is 9.97 Å². The first-order chi connectivity index (χ1) is 15.1. The molecule has 0 N–H and O–H groups in total. The van der Waals surface area contributed by atoms with Gasteiger partial charge in [-0.2, -0.15) is 0 Å². The third-order valence-corrected chi connectivity index (χ3v) is 7.29. The summed E-state index contributed by atoms with van der Waals surface area (Å²) in [7, 11) is 1.94. The predicted molar refractivity (Wildman–Crippen MR) is 120 cm³/mol. The maximum Gasteiger partial charge on any atom is 0.270 e. The molecule has 0 spiro atoms. The first-order valence-corrected chi connectivity index (χ1v) is 11.6. The van der Waals surface area contributed by atoms with Crippen molar-refractivity contribution in [1.82, 2.24) is 24.3 Å². The monoisotopic (exact) mass is 438 g/mol. The molecule has 162 valence electrons. The Kier molecular flexibility index (Phi) is 5.35. The van der Waals surface area contributed by atoms with Crippen molar-refractivity contribution in [3.05, 3.63) is 41.7 Å². The maximum absolute atomic E-state index is 13.0. The van der Waals surface area contributed by atoms with Crippen molar-refractivity contribution in [1.29, 1.82) is 0 Å². The number of piperidine rings is 1. The summed E-state index contributed by atoms with van der Waals surface area (Å²) in [6.45, 7) is 4.14. The summed E-state index contributed by atoms with van der Waals surface area (Å²) in [6, 6.07) is 5.84. The van der Waals surface area contributed by atoms with E-state index in [1.807, 2.05) is 38.9 Å². The molecular weight excluding hydrogens is 412 g/mol. The van der Waals surface area contributed by atoms with Crippen LogP contribution in [0, 0.1) is 5.92 Å². The molecule has 2 saturated heterocycles. The van der Waals surface area contributed by atoms with E-state index in [1.54, 1.807) is 29.8 Å². The van der Waals surface area contributed by atoms with E-state index in [0.717, 1.165) is 47.8 Å². The minimum atomic E-state index is 0.000446. The van der Waals surface area contributed by atoms with Crippen molar-refractivity contribution in [2.45, 2.75) is 12.8 Å². The van der Waals surface area contributed by atoms with Crippen LogP contribution in [0.3, 0.4) is 0 Å². The number of carbonyl (C=O) groups excluding carboxylic acids is 2. The van der Waals surface area contributed by atoms with E-state index in [0.29, 0.717) is 26.2 Å². The van der Waals surface area contributed by atoms with Gasteiger partial charge in [0.1, 0.15) is 5.69 Å². The lowest BCUT2D eigenvalue weighted by Crippen LogP contribution is -2.52. The van der Waals surface area contributed by atoms with Crippen LogP contribution >= 0.6 is 11.3 Å². The fourth-order valence-electron chi connectivity index (χ4n) is 4.59. The van der Waals surface area contributed by atoms with Crippen molar-refractivity contribution in [3.63, 3.8) is 0 Å². The van der Waals surface area contributed by atoms with Gasteiger partial charge in [0.15, 0.2) is 0 Å². The largest absolute Gasteiger partial charge is 0.339 e. The summed E-state index contributed by atoms with van der Waals surface area (Å²) in [5.41, 5.74) is 1.82. The van der Waals surface area contributed by atoms with Crippen molar-refractivity contribution < 1.29 is 9.59 Å². The number of likely N-dealkylation sites (tertiary alicyclic amines) is 1. The highest BCUT2D eigenvalue weighted by Gasteiger charge is 2.33. The lowest BCUT2D eigenvalue weighted by Gasteiger charge is -2.38. The van der Waals surface area contributed by atoms with Gasteiger partial charge in [0, 0.05) is 64.6 Å². The molecule has 0 aliphatic carbocycles. The smallest absolute Gasteiger partial charge is 0.270 e. The van der Waals surface area contributed by atoms with Crippen molar-refractivity contribution >= 4 is 39.3 Å². The van der Waals surface area contributed by atoms with Gasteiger partial charge in [-0.3, -0.25) is 9.59 Å². The Labute approximate surface area is 185 Å². The number of hydrogen-bond acceptors (Lipinski definition) is 6. The van der Waals surface area contributed by atoms with E-state index >= 15 is 0 Å². The number of aryl methyl sites for hydroxylation is 1. The molecule has 3 aromatic rings. The molecule has 0 atom stereocenters. The normalized spacial score (nSPS) is 18.0. The lowest BCUT2D eigenvalue weighted by molar-refractivity contribution is -0.137. The molecule has 0 unspecified atom stereocenters. The fraction of sp³-hybridized carbons (Fsp3) is 0.455. The summed E-state index contributed by atoms with van der Waals surface area (Å²) >= 11 is 1.65. The molecule has 5 heterocycles. The second-order valence-electron chi connectivity index (χ2n) is 8.19. The summed E-state index contributed by atoms with van der Waals surface area (Å²) in [5.74, 6) is 1.01. The maximum atomic E-state index is 13.0. The molecule has 0 radical (unpaired) electrons. The van der Waals surface area contributed by atoms with Crippen LogP contribution in [0.25, 0.3) is 10.2 Å². The van der Waals surface area contributed by atoms with Crippen LogP contribution in [0.4, 0.5) is 5.95 Å². The number of thiophene rings is 1. The summed E-state index contributed by atoms with van der Waals surface area (Å²) < 4.78 is 3.11. The molecule has 2 aliphatic heterocycles. The zero-order valence-electron chi connectivity index (χ0n) is 17.6. The van der Waals surface area contributed by atoms with Gasteiger partial charge >= 0.3 is 0 Å². The quantitative estimate of drug-likeness (QED) is 0.627. The Morgan fingerprint density at radius 3 is 2.39 bits per heavy atom. The molecule has 0 bridgehead atoms. The number of carbonyl (C=O) groups is 2. The zero-order valence-corrected chi connectivity index (χ0v) is 18.4. The minimum Gasteiger partial charge on any atom is -0.339 e. The van der Waals surface area contributed by atoms with Gasteiger partial charge in [0.2, 0.25) is 11.9 Å². The van der Waals surface area contributed by atoms with Crippen molar-refractivity contribution in [2.24, 2.45) is 13.0 Å². The molecule has 0 aromatic carbocycles. The molecule has 2 amide bonds. The minimum absolute atomic E-state index is 0.000446. The third kappa shape index (κ3) is 3.78. The average molecular weight is 439 g/mol. The van der Waals surface area contributed by atoms with Crippen LogP contribution < -0.4 is 4.90 Å². The van der Waals surface area contributed by atoms with E-state index in [4.69, 9.17) is 0 Å². The van der Waals surface area contributed by atoms with Crippen LogP contribution in [-0.2, 0) is 11.8 Å². The highest BCUT2D eigenvalue weighted by molar-refractivity contribution is 7.17. The predicted octanol–water partition coefficient (Wildman–Crippen LogP) is 2.23. The van der Waals surface area contributed by atoms with E-state index in [-0.39, 0.29) is 17.7 Å². The molecule has 2 fully saturated rings.